The minimum atomic E-state index is -0.310. The summed E-state index contributed by atoms with van der Waals surface area (Å²) >= 11 is 0. The van der Waals surface area contributed by atoms with E-state index in [4.69, 9.17) is 5.73 Å². The molecule has 0 heterocycles. The predicted molar refractivity (Wildman–Crippen MR) is 74.6 cm³/mol. The highest BCUT2D eigenvalue weighted by molar-refractivity contribution is 5.85. The maximum Gasteiger partial charge on any atom is 0.239 e. The number of nitrogens with two attached hydrogens (primary N) is 1. The average molecular weight is 270 g/mol. The molecule has 1 aliphatic carbocycles. The van der Waals surface area contributed by atoms with Crippen molar-refractivity contribution in [2.45, 2.75) is 37.6 Å². The molecule has 19 heavy (non-hydrogen) atoms. The van der Waals surface area contributed by atoms with Gasteiger partial charge in [-0.1, -0.05) is 19.3 Å². The van der Waals surface area contributed by atoms with Crippen molar-refractivity contribution in [1.29, 1.82) is 0 Å². The Morgan fingerprint density at radius 3 is 2.26 bits per heavy atom. The van der Waals surface area contributed by atoms with Crippen molar-refractivity contribution in [1.82, 2.24) is 15.5 Å². The Bertz CT molecular complexity index is 312. The van der Waals surface area contributed by atoms with Crippen LogP contribution in [0.1, 0.15) is 32.1 Å². The van der Waals surface area contributed by atoms with E-state index in [-0.39, 0.29) is 30.4 Å². The van der Waals surface area contributed by atoms with Crippen molar-refractivity contribution in [3.05, 3.63) is 0 Å². The minimum absolute atomic E-state index is 0.000454. The van der Waals surface area contributed by atoms with Gasteiger partial charge in [-0.05, 0) is 26.9 Å². The van der Waals surface area contributed by atoms with E-state index in [2.05, 4.69) is 29.6 Å². The van der Waals surface area contributed by atoms with E-state index in [1.807, 2.05) is 0 Å². The highest BCUT2D eigenvalue weighted by Crippen LogP contribution is 2.31. The molecule has 110 valence electrons. The molecule has 0 aromatic carbocycles. The Labute approximate surface area is 115 Å². The van der Waals surface area contributed by atoms with Gasteiger partial charge >= 0.3 is 0 Å². The largest absolute Gasteiger partial charge is 0.353 e. The van der Waals surface area contributed by atoms with Gasteiger partial charge in [-0.25, -0.2) is 0 Å². The van der Waals surface area contributed by atoms with Crippen molar-refractivity contribution >= 4 is 11.8 Å². The summed E-state index contributed by atoms with van der Waals surface area (Å²) < 4.78 is 0. The molecule has 6 nitrogen and oxygen atoms in total. The summed E-state index contributed by atoms with van der Waals surface area (Å²) in [6.07, 6.45) is 5.90. The van der Waals surface area contributed by atoms with Crippen LogP contribution in [0.25, 0.3) is 0 Å². The topological polar surface area (TPSA) is 87.5 Å². The van der Waals surface area contributed by atoms with Crippen LogP contribution < -0.4 is 16.4 Å². The zero-order valence-corrected chi connectivity index (χ0v) is 12.0. The Balaban J connectivity index is 2.39. The molecule has 0 aromatic rings. The predicted octanol–water partition coefficient (Wildman–Crippen LogP) is -0.558. The van der Waals surface area contributed by atoms with Crippen LogP contribution >= 0.6 is 0 Å². The molecule has 0 aliphatic heterocycles. The van der Waals surface area contributed by atoms with Crippen molar-refractivity contribution in [3.8, 4) is 0 Å². The molecular weight excluding hydrogens is 244 g/mol. The van der Waals surface area contributed by atoms with Crippen LogP contribution in [-0.2, 0) is 9.59 Å². The third kappa shape index (κ3) is 4.80. The van der Waals surface area contributed by atoms with Gasteiger partial charge < -0.3 is 21.3 Å². The second kappa shape index (κ2) is 7.45. The molecule has 0 atom stereocenters. The first kappa shape index (κ1) is 15.9. The van der Waals surface area contributed by atoms with Crippen LogP contribution in [0.5, 0.6) is 0 Å². The van der Waals surface area contributed by atoms with Crippen LogP contribution in [0.3, 0.4) is 0 Å². The van der Waals surface area contributed by atoms with E-state index in [0.717, 1.165) is 12.8 Å². The number of carbonyl (C=O) groups is 2. The highest BCUT2D eigenvalue weighted by atomic mass is 16.2. The zero-order valence-electron chi connectivity index (χ0n) is 12.0. The van der Waals surface area contributed by atoms with Gasteiger partial charge in [0.2, 0.25) is 11.8 Å². The van der Waals surface area contributed by atoms with Crippen LogP contribution in [0.4, 0.5) is 0 Å². The number of rotatable bonds is 6. The molecule has 0 unspecified atom stereocenters. The Hall–Kier alpha value is -1.14. The number of hydrogen-bond donors (Lipinski definition) is 3. The maximum atomic E-state index is 11.7. The summed E-state index contributed by atoms with van der Waals surface area (Å²) in [5.41, 5.74) is 5.22. The fraction of sp³-hybridized carbons (Fsp3) is 0.846. The van der Waals surface area contributed by atoms with Gasteiger partial charge in [0.25, 0.3) is 0 Å². The normalized spacial score (nSPS) is 18.1. The number of carbonyl (C=O) groups excluding carboxylic acids is 2. The molecule has 1 fully saturated rings. The van der Waals surface area contributed by atoms with E-state index in [9.17, 15) is 9.59 Å². The quantitative estimate of drug-likeness (QED) is 0.604. The first-order valence-electron chi connectivity index (χ1n) is 6.91. The van der Waals surface area contributed by atoms with E-state index >= 15 is 0 Å². The molecule has 6 heteroatoms. The summed E-state index contributed by atoms with van der Waals surface area (Å²) in [7, 11) is 4.13. The van der Waals surface area contributed by atoms with Gasteiger partial charge in [-0.2, -0.15) is 0 Å². The third-order valence-electron chi connectivity index (χ3n) is 3.98. The molecule has 0 aromatic heterocycles. The molecule has 0 radical (unpaired) electrons. The van der Waals surface area contributed by atoms with Gasteiger partial charge in [-0.3, -0.25) is 9.59 Å². The second-order valence-corrected chi connectivity index (χ2v) is 5.44. The minimum Gasteiger partial charge on any atom is -0.353 e. The molecule has 0 spiro atoms. The SMILES string of the molecule is CN(C)C1(CNC(=O)CNC(=O)CN)CCCCC1. The molecule has 1 saturated carbocycles. The zero-order chi connectivity index (χ0) is 14.3. The van der Waals surface area contributed by atoms with Crippen LogP contribution in [0.2, 0.25) is 0 Å². The van der Waals surface area contributed by atoms with Gasteiger partial charge in [-0.15, -0.1) is 0 Å². The van der Waals surface area contributed by atoms with Gasteiger partial charge in [0.05, 0.1) is 13.1 Å². The summed E-state index contributed by atoms with van der Waals surface area (Å²) in [6.45, 7) is 0.547. The van der Waals surface area contributed by atoms with Crippen LogP contribution in [0.15, 0.2) is 0 Å². The summed E-state index contributed by atoms with van der Waals surface area (Å²) in [5.74, 6) is -0.469. The molecule has 0 saturated heterocycles. The Morgan fingerprint density at radius 2 is 1.74 bits per heavy atom. The maximum absolute atomic E-state index is 11.7. The molecule has 4 N–H and O–H groups in total. The lowest BCUT2D eigenvalue weighted by Gasteiger charge is -2.43. The smallest absolute Gasteiger partial charge is 0.239 e. The first-order chi connectivity index (χ1) is 9.00. The van der Waals surface area contributed by atoms with Crippen LogP contribution in [0, 0.1) is 0 Å². The summed E-state index contributed by atoms with van der Waals surface area (Å²) in [5, 5.41) is 5.39. The number of amides is 2. The summed E-state index contributed by atoms with van der Waals surface area (Å²) in [6, 6.07) is 0. The Morgan fingerprint density at radius 1 is 1.11 bits per heavy atom. The average Bonchev–Trinajstić information content (AvgIpc) is 2.43. The molecular formula is C13H26N4O2. The standard InChI is InChI=1S/C13H26N4O2/c1-17(2)13(6-4-3-5-7-13)10-16-12(19)9-15-11(18)8-14/h3-10,14H2,1-2H3,(H,15,18)(H,16,19). The summed E-state index contributed by atoms with van der Waals surface area (Å²) in [4.78, 5) is 24.9. The van der Waals surface area contributed by atoms with Crippen molar-refractivity contribution in [2.75, 3.05) is 33.7 Å². The molecule has 2 amide bonds. The second-order valence-electron chi connectivity index (χ2n) is 5.44. The van der Waals surface area contributed by atoms with E-state index in [1.165, 1.54) is 19.3 Å². The molecule has 1 aliphatic rings. The molecule has 1 rings (SSSR count). The van der Waals surface area contributed by atoms with Gasteiger partial charge in [0.1, 0.15) is 0 Å². The fourth-order valence-electron chi connectivity index (χ4n) is 2.57. The number of nitrogens with one attached hydrogen (secondary N) is 2. The molecule has 0 bridgehead atoms. The van der Waals surface area contributed by atoms with Crippen molar-refractivity contribution in [3.63, 3.8) is 0 Å². The van der Waals surface area contributed by atoms with Crippen molar-refractivity contribution < 1.29 is 9.59 Å². The third-order valence-corrected chi connectivity index (χ3v) is 3.98. The number of hydrogen-bond acceptors (Lipinski definition) is 4. The number of likely N-dealkylation sites (N-methyl/N-ethyl adjacent to an activating group) is 1. The van der Waals surface area contributed by atoms with Crippen molar-refractivity contribution in [2.24, 2.45) is 5.73 Å². The lowest BCUT2D eigenvalue weighted by atomic mass is 9.80. The van der Waals surface area contributed by atoms with E-state index < -0.39 is 0 Å². The first-order valence-corrected chi connectivity index (χ1v) is 6.91. The van der Waals surface area contributed by atoms with Gasteiger partial charge in [0, 0.05) is 12.1 Å². The fourth-order valence-corrected chi connectivity index (χ4v) is 2.57. The number of nitrogens with zero attached hydrogens (tertiary/aromatic N) is 1. The highest BCUT2D eigenvalue weighted by Gasteiger charge is 2.34. The van der Waals surface area contributed by atoms with E-state index in [1.54, 1.807) is 0 Å². The van der Waals surface area contributed by atoms with Crippen LogP contribution in [-0.4, -0.2) is 56.0 Å². The lowest BCUT2D eigenvalue weighted by Crippen LogP contribution is -2.54. The van der Waals surface area contributed by atoms with Gasteiger partial charge in [0.15, 0.2) is 0 Å². The van der Waals surface area contributed by atoms with E-state index in [0.29, 0.717) is 6.54 Å². The Kier molecular flexibility index (Phi) is 6.24. The monoisotopic (exact) mass is 270 g/mol. The lowest BCUT2D eigenvalue weighted by molar-refractivity contribution is -0.125.